The summed E-state index contributed by atoms with van der Waals surface area (Å²) in [6.45, 7) is 6.78. The molecule has 1 N–H and O–H groups in total. The highest BCUT2D eigenvalue weighted by molar-refractivity contribution is 5.46. The van der Waals surface area contributed by atoms with Crippen LogP contribution >= 0.6 is 0 Å². The van der Waals surface area contributed by atoms with Crippen molar-refractivity contribution in [3.05, 3.63) is 95.1 Å². The Bertz CT molecular complexity index is 1100. The summed E-state index contributed by atoms with van der Waals surface area (Å²) in [7, 11) is 1.70. The smallest absolute Gasteiger partial charge is 0.161 e. The number of aliphatic hydroxyl groups is 1. The molecule has 0 saturated carbocycles. The van der Waals surface area contributed by atoms with Crippen LogP contribution in [0.4, 0.5) is 0 Å². The molecular formula is C30H35NO3. The first-order valence-electron chi connectivity index (χ1n) is 12.3. The van der Waals surface area contributed by atoms with Crippen molar-refractivity contribution in [3.63, 3.8) is 0 Å². The van der Waals surface area contributed by atoms with Crippen LogP contribution in [0.25, 0.3) is 0 Å². The number of hydrogen-bond donors (Lipinski definition) is 1. The van der Waals surface area contributed by atoms with Gasteiger partial charge in [-0.1, -0.05) is 67.6 Å². The average molecular weight is 458 g/mol. The fourth-order valence-electron chi connectivity index (χ4n) is 5.78. The molecule has 1 saturated heterocycles. The van der Waals surface area contributed by atoms with E-state index >= 15 is 0 Å². The Morgan fingerprint density at radius 3 is 2.29 bits per heavy atom. The highest BCUT2D eigenvalue weighted by atomic mass is 16.5. The maximum absolute atomic E-state index is 10.8. The fraction of sp³-hybridized carbons (Fsp3) is 0.400. The van der Waals surface area contributed by atoms with Crippen molar-refractivity contribution in [1.29, 1.82) is 0 Å². The molecule has 2 aliphatic rings. The zero-order chi connectivity index (χ0) is 23.7. The molecule has 1 heterocycles. The van der Waals surface area contributed by atoms with Gasteiger partial charge in [0.1, 0.15) is 6.10 Å². The lowest BCUT2D eigenvalue weighted by Crippen LogP contribution is -2.37. The summed E-state index contributed by atoms with van der Waals surface area (Å²) < 4.78 is 12.2. The van der Waals surface area contributed by atoms with Crippen molar-refractivity contribution in [1.82, 2.24) is 4.90 Å². The van der Waals surface area contributed by atoms with E-state index in [0.29, 0.717) is 0 Å². The minimum absolute atomic E-state index is 0.114. The first-order chi connectivity index (χ1) is 16.5. The number of ether oxygens (including phenoxy) is 2. The lowest BCUT2D eigenvalue weighted by atomic mass is 9.72. The number of likely N-dealkylation sites (tertiary alicyclic amines) is 1. The molecule has 3 aromatic rings. The molecule has 1 fully saturated rings. The second-order valence-electron chi connectivity index (χ2n) is 10.2. The van der Waals surface area contributed by atoms with Crippen LogP contribution in [-0.2, 0) is 19.4 Å². The van der Waals surface area contributed by atoms with Crippen LogP contribution in [0.15, 0.2) is 72.8 Å². The van der Waals surface area contributed by atoms with Crippen molar-refractivity contribution in [3.8, 4) is 11.5 Å². The van der Waals surface area contributed by atoms with Crippen LogP contribution in [-0.4, -0.2) is 42.4 Å². The largest absolute Gasteiger partial charge is 0.493 e. The molecule has 0 bridgehead atoms. The summed E-state index contributed by atoms with van der Waals surface area (Å²) in [6, 6.07) is 25.5. The lowest BCUT2D eigenvalue weighted by molar-refractivity contribution is 0.0474. The van der Waals surface area contributed by atoms with E-state index in [1.165, 1.54) is 22.3 Å². The molecule has 4 heteroatoms. The molecule has 4 nitrogen and oxygen atoms in total. The van der Waals surface area contributed by atoms with Crippen LogP contribution in [0.2, 0.25) is 0 Å². The molecule has 3 atom stereocenters. The van der Waals surface area contributed by atoms with Crippen LogP contribution in [0.5, 0.6) is 11.5 Å². The zero-order valence-corrected chi connectivity index (χ0v) is 20.4. The molecule has 0 aromatic heterocycles. The number of benzene rings is 3. The molecule has 5 rings (SSSR count). The van der Waals surface area contributed by atoms with Crippen LogP contribution in [0.1, 0.15) is 42.0 Å². The summed E-state index contributed by atoms with van der Waals surface area (Å²) >= 11 is 0. The summed E-state index contributed by atoms with van der Waals surface area (Å²) in [5, 5.41) is 10.8. The van der Waals surface area contributed by atoms with Crippen molar-refractivity contribution < 1.29 is 14.6 Å². The third kappa shape index (κ3) is 4.45. The predicted octanol–water partition coefficient (Wildman–Crippen LogP) is 5.23. The highest BCUT2D eigenvalue weighted by Crippen LogP contribution is 2.47. The van der Waals surface area contributed by atoms with Gasteiger partial charge in [0.05, 0.1) is 13.2 Å². The Hall–Kier alpha value is -2.82. The minimum Gasteiger partial charge on any atom is -0.493 e. The highest BCUT2D eigenvalue weighted by Gasteiger charge is 2.47. The first kappa shape index (κ1) is 22.9. The Morgan fingerprint density at radius 1 is 0.971 bits per heavy atom. The monoisotopic (exact) mass is 457 g/mol. The molecular weight excluding hydrogens is 422 g/mol. The molecule has 1 aliphatic heterocycles. The topological polar surface area (TPSA) is 41.9 Å². The average Bonchev–Trinajstić information content (AvgIpc) is 3.40. The van der Waals surface area contributed by atoms with E-state index < -0.39 is 6.10 Å². The van der Waals surface area contributed by atoms with Gasteiger partial charge in [-0.2, -0.15) is 0 Å². The Balaban J connectivity index is 1.39. The van der Waals surface area contributed by atoms with Crippen molar-refractivity contribution in [2.75, 3.05) is 20.2 Å². The Labute approximate surface area is 203 Å². The molecule has 0 spiro atoms. The Kier molecular flexibility index (Phi) is 6.37. The minimum atomic E-state index is -0.422. The third-order valence-corrected chi connectivity index (χ3v) is 7.90. The van der Waals surface area contributed by atoms with E-state index in [1.807, 2.05) is 13.0 Å². The Morgan fingerprint density at radius 2 is 1.65 bits per heavy atom. The number of rotatable bonds is 7. The van der Waals surface area contributed by atoms with Gasteiger partial charge in [-0.05, 0) is 41.3 Å². The molecule has 1 aliphatic carbocycles. The molecule has 34 heavy (non-hydrogen) atoms. The maximum atomic E-state index is 10.8. The molecule has 0 amide bonds. The number of fused-ring (bicyclic) bond motifs is 1. The van der Waals surface area contributed by atoms with Crippen molar-refractivity contribution in [2.45, 2.75) is 51.4 Å². The van der Waals surface area contributed by atoms with Crippen molar-refractivity contribution in [2.24, 2.45) is 5.41 Å². The molecule has 2 unspecified atom stereocenters. The van der Waals surface area contributed by atoms with Gasteiger partial charge in [0.15, 0.2) is 11.5 Å². The molecule has 0 radical (unpaired) electrons. The van der Waals surface area contributed by atoms with Gasteiger partial charge in [0.25, 0.3) is 0 Å². The van der Waals surface area contributed by atoms with E-state index in [4.69, 9.17) is 9.47 Å². The van der Waals surface area contributed by atoms with Gasteiger partial charge < -0.3 is 14.6 Å². The quantitative estimate of drug-likeness (QED) is 0.528. The van der Waals surface area contributed by atoms with Gasteiger partial charge in [-0.15, -0.1) is 0 Å². The third-order valence-electron chi connectivity index (χ3n) is 7.90. The maximum Gasteiger partial charge on any atom is 0.161 e. The number of methoxy groups -OCH3 is 1. The number of aliphatic hydroxyl groups excluding tert-OH is 1. The van der Waals surface area contributed by atoms with Gasteiger partial charge in [-0.25, -0.2) is 0 Å². The van der Waals surface area contributed by atoms with E-state index in [1.54, 1.807) is 7.11 Å². The first-order valence-corrected chi connectivity index (χ1v) is 12.3. The standard InChI is InChI=1S/C30H35NO3/c1-21(32)30(2)20-31(18-22-9-5-4-6-10-22)19-27(30)25-13-14-28(33-3)29(17-25)34-26-15-23-11-7-8-12-24(23)16-26/h4-14,17,21,26-27,32H,15-16,18-20H2,1-3H3/t21?,27-,30?/m0/s1. The number of hydrogen-bond acceptors (Lipinski definition) is 4. The predicted molar refractivity (Wildman–Crippen MR) is 136 cm³/mol. The van der Waals surface area contributed by atoms with Gasteiger partial charge in [0, 0.05) is 43.8 Å². The second kappa shape index (κ2) is 9.44. The van der Waals surface area contributed by atoms with E-state index in [9.17, 15) is 5.11 Å². The van der Waals surface area contributed by atoms with E-state index in [0.717, 1.165) is 44.0 Å². The summed E-state index contributed by atoms with van der Waals surface area (Å²) in [5.41, 5.74) is 5.00. The summed E-state index contributed by atoms with van der Waals surface area (Å²) in [5.74, 6) is 1.76. The van der Waals surface area contributed by atoms with Crippen LogP contribution in [0.3, 0.4) is 0 Å². The van der Waals surface area contributed by atoms with Crippen molar-refractivity contribution >= 4 is 0 Å². The van der Waals surface area contributed by atoms with E-state index in [-0.39, 0.29) is 17.4 Å². The summed E-state index contributed by atoms with van der Waals surface area (Å²) in [6.07, 6.45) is 1.53. The van der Waals surface area contributed by atoms with E-state index in [2.05, 4.69) is 78.6 Å². The van der Waals surface area contributed by atoms with Gasteiger partial charge in [0.2, 0.25) is 0 Å². The van der Waals surface area contributed by atoms with Gasteiger partial charge >= 0.3 is 0 Å². The number of nitrogens with zero attached hydrogens (tertiary/aromatic N) is 1. The van der Waals surface area contributed by atoms with Crippen LogP contribution < -0.4 is 9.47 Å². The zero-order valence-electron chi connectivity index (χ0n) is 20.4. The molecule has 3 aromatic carbocycles. The van der Waals surface area contributed by atoms with Gasteiger partial charge in [-0.3, -0.25) is 4.90 Å². The SMILES string of the molecule is COc1ccc([C@@H]2CN(Cc3ccccc3)CC2(C)C(C)O)cc1OC1Cc2ccccc2C1. The summed E-state index contributed by atoms with van der Waals surface area (Å²) in [4.78, 5) is 2.46. The second-order valence-corrected chi connectivity index (χ2v) is 10.2. The lowest BCUT2D eigenvalue weighted by Gasteiger charge is -2.34. The normalized spacial score (nSPS) is 23.6. The molecule has 178 valence electrons. The fourth-order valence-corrected chi connectivity index (χ4v) is 5.78. The van der Waals surface area contributed by atoms with Crippen LogP contribution in [0, 0.1) is 5.41 Å².